The number of fused-ring (bicyclic) bond motifs is 5. The Kier molecular flexibility index (Phi) is 3.70. The van der Waals surface area contributed by atoms with Crippen LogP contribution in [0.3, 0.4) is 0 Å². The second kappa shape index (κ2) is 6.21. The van der Waals surface area contributed by atoms with E-state index in [0.29, 0.717) is 5.92 Å². The zero-order valence-corrected chi connectivity index (χ0v) is 14.6. The van der Waals surface area contributed by atoms with Crippen LogP contribution in [0.1, 0.15) is 40.2 Å². The summed E-state index contributed by atoms with van der Waals surface area (Å²) in [7, 11) is 0. The van der Waals surface area contributed by atoms with Crippen molar-refractivity contribution in [2.75, 3.05) is 0 Å². The molecule has 1 unspecified atom stereocenters. The van der Waals surface area contributed by atoms with E-state index in [1.807, 2.05) is 24.5 Å². The van der Waals surface area contributed by atoms with Gasteiger partial charge >= 0.3 is 0 Å². The Balaban J connectivity index is 1.66. The standard InChI is InChI=1S/C24H20FN/c25-19-8-10-21-18(12-16-4-3-11-26-15-16)13-23-20-6-2-1-5-17(20)7-9-22(23)24(21)14-19/h1,3-5,7-11,14-15,18H,2,6,12-13H2. The molecule has 1 atom stereocenters. The highest BCUT2D eigenvalue weighted by Gasteiger charge is 2.28. The maximum atomic E-state index is 14.1. The molecule has 5 rings (SSSR count). The van der Waals surface area contributed by atoms with Gasteiger partial charge in [-0.25, -0.2) is 4.39 Å². The Morgan fingerprint density at radius 3 is 2.88 bits per heavy atom. The summed E-state index contributed by atoms with van der Waals surface area (Å²) in [5, 5.41) is 0. The van der Waals surface area contributed by atoms with Crippen molar-refractivity contribution in [3.63, 3.8) is 0 Å². The summed E-state index contributed by atoms with van der Waals surface area (Å²) in [4.78, 5) is 4.27. The molecule has 0 spiro atoms. The lowest BCUT2D eigenvalue weighted by molar-refractivity contribution is 0.620. The van der Waals surface area contributed by atoms with Crippen molar-refractivity contribution in [1.82, 2.24) is 4.98 Å². The van der Waals surface area contributed by atoms with Gasteiger partial charge in [-0.3, -0.25) is 4.98 Å². The average Bonchev–Trinajstić information content (AvgIpc) is 2.68. The average molecular weight is 341 g/mol. The molecule has 3 aromatic rings. The fourth-order valence-corrected chi connectivity index (χ4v) is 4.55. The molecule has 2 heteroatoms. The zero-order valence-electron chi connectivity index (χ0n) is 14.6. The van der Waals surface area contributed by atoms with Crippen LogP contribution in [0.15, 0.2) is 60.9 Å². The summed E-state index contributed by atoms with van der Waals surface area (Å²) in [5.74, 6) is 0.203. The van der Waals surface area contributed by atoms with Crippen LogP contribution in [0.25, 0.3) is 17.2 Å². The van der Waals surface area contributed by atoms with Crippen molar-refractivity contribution in [2.24, 2.45) is 0 Å². The quantitative estimate of drug-likeness (QED) is 0.580. The van der Waals surface area contributed by atoms with Crippen LogP contribution in [0.2, 0.25) is 0 Å². The van der Waals surface area contributed by atoms with Crippen molar-refractivity contribution in [2.45, 2.75) is 31.6 Å². The maximum absolute atomic E-state index is 14.1. The highest BCUT2D eigenvalue weighted by molar-refractivity contribution is 5.78. The van der Waals surface area contributed by atoms with E-state index in [-0.39, 0.29) is 5.82 Å². The number of benzene rings is 2. The van der Waals surface area contributed by atoms with Gasteiger partial charge in [0, 0.05) is 12.4 Å². The first-order valence-corrected chi connectivity index (χ1v) is 9.29. The maximum Gasteiger partial charge on any atom is 0.123 e. The lowest BCUT2D eigenvalue weighted by Gasteiger charge is -2.31. The van der Waals surface area contributed by atoms with Crippen LogP contribution in [-0.4, -0.2) is 4.98 Å². The highest BCUT2D eigenvalue weighted by atomic mass is 19.1. The summed E-state index contributed by atoms with van der Waals surface area (Å²) in [6, 6.07) is 13.8. The fourth-order valence-electron chi connectivity index (χ4n) is 4.55. The first-order chi connectivity index (χ1) is 12.8. The minimum atomic E-state index is -0.158. The number of nitrogens with zero attached hydrogens (tertiary/aromatic N) is 1. The number of halogens is 1. The summed E-state index contributed by atoms with van der Waals surface area (Å²) < 4.78 is 14.1. The molecule has 0 radical (unpaired) electrons. The van der Waals surface area contributed by atoms with E-state index in [4.69, 9.17) is 0 Å². The van der Waals surface area contributed by atoms with Crippen LogP contribution in [0.4, 0.5) is 4.39 Å². The molecule has 0 amide bonds. The molecule has 1 aromatic heterocycles. The van der Waals surface area contributed by atoms with Gasteiger partial charge in [-0.2, -0.15) is 0 Å². The van der Waals surface area contributed by atoms with Crippen LogP contribution in [-0.2, 0) is 19.3 Å². The van der Waals surface area contributed by atoms with Crippen LogP contribution >= 0.6 is 0 Å². The van der Waals surface area contributed by atoms with Crippen molar-refractivity contribution in [3.05, 3.63) is 94.6 Å². The van der Waals surface area contributed by atoms with Gasteiger partial charge in [0.25, 0.3) is 0 Å². The van der Waals surface area contributed by atoms with E-state index in [1.54, 1.807) is 12.1 Å². The molecule has 0 N–H and O–H groups in total. The number of rotatable bonds is 2. The summed E-state index contributed by atoms with van der Waals surface area (Å²) in [5.41, 5.74) is 8.98. The van der Waals surface area contributed by atoms with Crippen molar-refractivity contribution in [3.8, 4) is 11.1 Å². The SMILES string of the molecule is Fc1ccc2c(c1)-c1ccc3c(c1CC2Cc1cccnc1)CCC=C3. The summed E-state index contributed by atoms with van der Waals surface area (Å²) >= 11 is 0. The van der Waals surface area contributed by atoms with Gasteiger partial charge in [0.1, 0.15) is 5.82 Å². The Bertz CT molecular complexity index is 1000. The molecule has 1 heterocycles. The third kappa shape index (κ3) is 2.57. The smallest absolute Gasteiger partial charge is 0.123 e. The highest BCUT2D eigenvalue weighted by Crippen LogP contribution is 2.44. The third-order valence-corrected chi connectivity index (χ3v) is 5.73. The summed E-state index contributed by atoms with van der Waals surface area (Å²) in [6.07, 6.45) is 12.4. The van der Waals surface area contributed by atoms with Gasteiger partial charge in [-0.15, -0.1) is 0 Å². The predicted molar refractivity (Wildman–Crippen MR) is 104 cm³/mol. The van der Waals surface area contributed by atoms with Crippen molar-refractivity contribution >= 4 is 6.08 Å². The largest absolute Gasteiger partial charge is 0.264 e. The van der Waals surface area contributed by atoms with E-state index in [0.717, 1.165) is 31.2 Å². The number of hydrogen-bond donors (Lipinski definition) is 0. The second-order valence-corrected chi connectivity index (χ2v) is 7.30. The van der Waals surface area contributed by atoms with E-state index >= 15 is 0 Å². The molecule has 0 saturated heterocycles. The first-order valence-electron chi connectivity index (χ1n) is 9.29. The predicted octanol–water partition coefficient (Wildman–Crippen LogP) is 5.73. The van der Waals surface area contributed by atoms with Crippen LogP contribution in [0, 0.1) is 5.82 Å². The molecule has 1 nitrogen and oxygen atoms in total. The molecule has 128 valence electrons. The molecule has 2 aliphatic carbocycles. The Morgan fingerprint density at radius 1 is 1.04 bits per heavy atom. The van der Waals surface area contributed by atoms with E-state index in [2.05, 4.69) is 35.3 Å². The third-order valence-electron chi connectivity index (χ3n) is 5.73. The lowest BCUT2D eigenvalue weighted by Crippen LogP contribution is -2.17. The number of pyridine rings is 1. The van der Waals surface area contributed by atoms with E-state index in [9.17, 15) is 4.39 Å². The molecule has 2 aromatic carbocycles. The Hall–Kier alpha value is -2.74. The first kappa shape index (κ1) is 15.5. The Labute approximate surface area is 153 Å². The molecule has 0 fully saturated rings. The van der Waals surface area contributed by atoms with Crippen LogP contribution < -0.4 is 0 Å². The molecular formula is C24H20FN. The fraction of sp³-hybridized carbons (Fsp3) is 0.208. The molecule has 0 saturated carbocycles. The van der Waals surface area contributed by atoms with Crippen LogP contribution in [0.5, 0.6) is 0 Å². The lowest BCUT2D eigenvalue weighted by atomic mass is 9.73. The van der Waals surface area contributed by atoms with Gasteiger partial charge in [-0.1, -0.05) is 36.4 Å². The van der Waals surface area contributed by atoms with E-state index in [1.165, 1.54) is 33.4 Å². The molecular weight excluding hydrogens is 321 g/mol. The molecule has 26 heavy (non-hydrogen) atoms. The van der Waals surface area contributed by atoms with E-state index < -0.39 is 0 Å². The minimum absolute atomic E-state index is 0.158. The van der Waals surface area contributed by atoms with Gasteiger partial charge in [0.05, 0.1) is 0 Å². The Morgan fingerprint density at radius 2 is 2.00 bits per heavy atom. The zero-order chi connectivity index (χ0) is 17.5. The number of aromatic nitrogens is 1. The van der Waals surface area contributed by atoms with Crippen molar-refractivity contribution in [1.29, 1.82) is 0 Å². The topological polar surface area (TPSA) is 12.9 Å². The van der Waals surface area contributed by atoms with Crippen molar-refractivity contribution < 1.29 is 4.39 Å². The molecule has 0 bridgehead atoms. The van der Waals surface area contributed by atoms with Gasteiger partial charge in [0.2, 0.25) is 0 Å². The van der Waals surface area contributed by atoms with Gasteiger partial charge < -0.3 is 0 Å². The van der Waals surface area contributed by atoms with Gasteiger partial charge in [0.15, 0.2) is 0 Å². The number of hydrogen-bond acceptors (Lipinski definition) is 1. The molecule has 2 aliphatic rings. The summed E-state index contributed by atoms with van der Waals surface area (Å²) in [6.45, 7) is 0. The minimum Gasteiger partial charge on any atom is -0.264 e. The normalized spacial score (nSPS) is 17.3. The monoisotopic (exact) mass is 341 g/mol. The number of allylic oxidation sites excluding steroid dienone is 1. The van der Waals surface area contributed by atoms with Gasteiger partial charge in [-0.05, 0) is 88.7 Å². The second-order valence-electron chi connectivity index (χ2n) is 7.30. The molecule has 0 aliphatic heterocycles.